The van der Waals surface area contributed by atoms with Crippen LogP contribution in [0, 0.1) is 0 Å². The highest BCUT2D eigenvalue weighted by Crippen LogP contribution is 2.29. The second-order valence-electron chi connectivity index (χ2n) is 4.03. The normalized spacial score (nSPS) is 11.4. The summed E-state index contributed by atoms with van der Waals surface area (Å²) in [5.41, 5.74) is -0.797. The van der Waals surface area contributed by atoms with Gasteiger partial charge in [-0.2, -0.15) is 13.2 Å². The summed E-state index contributed by atoms with van der Waals surface area (Å²) >= 11 is 2.64. The Hall–Kier alpha value is -1.54. The third kappa shape index (κ3) is 5.05. The van der Waals surface area contributed by atoms with E-state index in [2.05, 4.69) is 10.3 Å². The van der Waals surface area contributed by atoms with Crippen LogP contribution in [0.1, 0.15) is 10.4 Å². The lowest BCUT2D eigenvalue weighted by Gasteiger charge is -2.07. The van der Waals surface area contributed by atoms with Crippen LogP contribution >= 0.6 is 23.1 Å². The number of nitrogens with zero attached hydrogens (tertiary/aromatic N) is 1. The molecule has 1 N–H and O–H groups in total. The van der Waals surface area contributed by atoms with Crippen molar-refractivity contribution in [2.24, 2.45) is 0 Å². The van der Waals surface area contributed by atoms with Gasteiger partial charge in [0.25, 0.3) is 0 Å². The van der Waals surface area contributed by atoms with Gasteiger partial charge < -0.3 is 5.32 Å². The van der Waals surface area contributed by atoms with Crippen LogP contribution in [0.4, 0.5) is 13.2 Å². The average Bonchev–Trinajstić information content (AvgIpc) is 2.95. The van der Waals surface area contributed by atoms with Crippen molar-refractivity contribution >= 4 is 29.0 Å². The topological polar surface area (TPSA) is 42.0 Å². The number of thioether (sulfide) groups is 1. The van der Waals surface area contributed by atoms with E-state index in [4.69, 9.17) is 0 Å². The van der Waals surface area contributed by atoms with Crippen LogP contribution in [-0.2, 0) is 17.5 Å². The van der Waals surface area contributed by atoms with Crippen molar-refractivity contribution in [3.8, 4) is 0 Å². The molecule has 0 fully saturated rings. The lowest BCUT2D eigenvalue weighted by Crippen LogP contribution is -2.24. The molecule has 2 rings (SSSR count). The second-order valence-corrected chi connectivity index (χ2v) is 6.06. The Bertz CT molecular complexity index is 582. The van der Waals surface area contributed by atoms with E-state index in [0.717, 1.165) is 28.9 Å². The van der Waals surface area contributed by atoms with Crippen LogP contribution in [0.5, 0.6) is 0 Å². The number of amides is 1. The molecule has 0 atom stereocenters. The zero-order chi connectivity index (χ0) is 15.3. The Kier molecular flexibility index (Phi) is 5.24. The van der Waals surface area contributed by atoms with Crippen LogP contribution < -0.4 is 5.32 Å². The molecule has 8 heteroatoms. The Morgan fingerprint density at radius 2 is 2.14 bits per heavy atom. The van der Waals surface area contributed by atoms with Gasteiger partial charge in [-0.1, -0.05) is 17.8 Å². The standard InChI is InChI=1S/C13H11F3N2OS2/c14-13(15,16)9-3-4-12(18-6-9)21-8-11(19)17-7-10-2-1-5-20-10/h1-6H,7-8H2,(H,17,19). The molecule has 0 unspecified atom stereocenters. The highest BCUT2D eigenvalue weighted by Gasteiger charge is 2.30. The Balaban J connectivity index is 1.78. The van der Waals surface area contributed by atoms with E-state index in [0.29, 0.717) is 11.6 Å². The first kappa shape index (κ1) is 15.8. The molecular weight excluding hydrogens is 321 g/mol. The van der Waals surface area contributed by atoms with Crippen LogP contribution in [0.25, 0.3) is 0 Å². The minimum absolute atomic E-state index is 0.115. The highest BCUT2D eigenvalue weighted by molar-refractivity contribution is 7.99. The van der Waals surface area contributed by atoms with E-state index in [1.807, 2.05) is 17.5 Å². The molecule has 0 spiro atoms. The first-order valence-corrected chi connectivity index (χ1v) is 7.77. The fourth-order valence-corrected chi connectivity index (χ4v) is 2.74. The third-order valence-corrected chi connectivity index (χ3v) is 4.27. The largest absolute Gasteiger partial charge is 0.417 e. The van der Waals surface area contributed by atoms with Crippen LogP contribution in [0.3, 0.4) is 0 Å². The average molecular weight is 332 g/mol. The lowest BCUT2D eigenvalue weighted by atomic mass is 10.3. The van der Waals surface area contributed by atoms with Gasteiger partial charge in [0.1, 0.15) is 0 Å². The zero-order valence-electron chi connectivity index (χ0n) is 10.7. The van der Waals surface area contributed by atoms with E-state index in [9.17, 15) is 18.0 Å². The van der Waals surface area contributed by atoms with Crippen molar-refractivity contribution in [3.63, 3.8) is 0 Å². The SMILES string of the molecule is O=C(CSc1ccc(C(F)(F)F)cn1)NCc1cccs1. The summed E-state index contributed by atoms with van der Waals surface area (Å²) < 4.78 is 37.1. The highest BCUT2D eigenvalue weighted by atomic mass is 32.2. The van der Waals surface area contributed by atoms with Gasteiger partial charge in [-0.15, -0.1) is 11.3 Å². The quantitative estimate of drug-likeness (QED) is 0.851. The second kappa shape index (κ2) is 6.95. The van der Waals surface area contributed by atoms with Crippen LogP contribution in [0.15, 0.2) is 40.9 Å². The molecule has 2 heterocycles. The summed E-state index contributed by atoms with van der Waals surface area (Å²) in [5.74, 6) is -0.0703. The number of alkyl halides is 3. The number of thiophene rings is 1. The van der Waals surface area contributed by atoms with Crippen molar-refractivity contribution < 1.29 is 18.0 Å². The molecule has 0 aliphatic carbocycles. The maximum absolute atomic E-state index is 12.4. The molecule has 0 radical (unpaired) electrons. The third-order valence-electron chi connectivity index (χ3n) is 2.45. The minimum Gasteiger partial charge on any atom is -0.350 e. The molecular formula is C13H11F3N2OS2. The molecule has 112 valence electrons. The molecule has 21 heavy (non-hydrogen) atoms. The number of carbonyl (C=O) groups excluding carboxylic acids is 1. The van der Waals surface area contributed by atoms with Gasteiger partial charge in [-0.25, -0.2) is 4.98 Å². The lowest BCUT2D eigenvalue weighted by molar-refractivity contribution is -0.137. The van der Waals surface area contributed by atoms with E-state index in [-0.39, 0.29) is 11.7 Å². The number of hydrogen-bond acceptors (Lipinski definition) is 4. The van der Waals surface area contributed by atoms with Gasteiger partial charge in [-0.05, 0) is 23.6 Å². The Morgan fingerprint density at radius 1 is 1.33 bits per heavy atom. The maximum Gasteiger partial charge on any atom is 0.417 e. The number of aromatic nitrogens is 1. The van der Waals surface area contributed by atoms with Gasteiger partial charge in [0.15, 0.2) is 0 Å². The van der Waals surface area contributed by atoms with Gasteiger partial charge in [0, 0.05) is 11.1 Å². The summed E-state index contributed by atoms with van der Waals surface area (Å²) in [4.78, 5) is 16.3. The summed E-state index contributed by atoms with van der Waals surface area (Å²) in [6.07, 6.45) is -3.62. The van der Waals surface area contributed by atoms with E-state index in [1.165, 1.54) is 6.07 Å². The monoisotopic (exact) mass is 332 g/mol. The molecule has 3 nitrogen and oxygen atoms in total. The van der Waals surface area contributed by atoms with E-state index in [1.54, 1.807) is 11.3 Å². The van der Waals surface area contributed by atoms with Crippen LogP contribution in [-0.4, -0.2) is 16.6 Å². The maximum atomic E-state index is 12.4. The molecule has 2 aromatic rings. The number of rotatable bonds is 5. The number of nitrogens with one attached hydrogen (secondary N) is 1. The van der Waals surface area contributed by atoms with Crippen LogP contribution in [0.2, 0.25) is 0 Å². The molecule has 1 amide bonds. The van der Waals surface area contributed by atoms with Crippen molar-refractivity contribution in [2.75, 3.05) is 5.75 Å². The summed E-state index contributed by atoms with van der Waals surface area (Å²) in [5, 5.41) is 5.04. The summed E-state index contributed by atoms with van der Waals surface area (Å²) in [7, 11) is 0. The molecule has 0 saturated carbocycles. The first-order chi connectivity index (χ1) is 9.95. The first-order valence-electron chi connectivity index (χ1n) is 5.90. The van der Waals surface area contributed by atoms with E-state index < -0.39 is 11.7 Å². The number of halogens is 3. The summed E-state index contributed by atoms with van der Waals surface area (Å²) in [6.45, 7) is 0.456. The van der Waals surface area contributed by atoms with Crippen molar-refractivity contribution in [2.45, 2.75) is 17.7 Å². The summed E-state index contributed by atoms with van der Waals surface area (Å²) in [6, 6.07) is 6.03. The van der Waals surface area contributed by atoms with Gasteiger partial charge in [0.2, 0.25) is 5.91 Å². The molecule has 0 bridgehead atoms. The van der Waals surface area contributed by atoms with Gasteiger partial charge in [0.05, 0.1) is 22.9 Å². The molecule has 2 aromatic heterocycles. The van der Waals surface area contributed by atoms with Crippen molar-refractivity contribution in [1.29, 1.82) is 0 Å². The minimum atomic E-state index is -4.39. The predicted octanol–water partition coefficient (Wildman–Crippen LogP) is 3.57. The Morgan fingerprint density at radius 3 is 2.71 bits per heavy atom. The molecule has 0 aliphatic rings. The molecule has 0 aromatic carbocycles. The smallest absolute Gasteiger partial charge is 0.350 e. The zero-order valence-corrected chi connectivity index (χ0v) is 12.3. The predicted molar refractivity (Wildman–Crippen MR) is 76.1 cm³/mol. The fourth-order valence-electron chi connectivity index (χ4n) is 1.42. The van der Waals surface area contributed by atoms with Crippen molar-refractivity contribution in [3.05, 3.63) is 46.3 Å². The van der Waals surface area contributed by atoms with E-state index >= 15 is 0 Å². The molecule has 0 aliphatic heterocycles. The fraction of sp³-hybridized carbons (Fsp3) is 0.231. The number of hydrogen-bond donors (Lipinski definition) is 1. The molecule has 0 saturated heterocycles. The van der Waals surface area contributed by atoms with Crippen molar-refractivity contribution in [1.82, 2.24) is 10.3 Å². The van der Waals surface area contributed by atoms with Gasteiger partial charge >= 0.3 is 6.18 Å². The van der Waals surface area contributed by atoms with Gasteiger partial charge in [-0.3, -0.25) is 4.79 Å². The Labute approximate surface area is 127 Å². The number of carbonyl (C=O) groups is 1. The number of pyridine rings is 1.